The third kappa shape index (κ3) is 1.56. The fourth-order valence-corrected chi connectivity index (χ4v) is 1.96. The molecule has 0 aromatic heterocycles. The fourth-order valence-electron chi connectivity index (χ4n) is 1.75. The van der Waals surface area contributed by atoms with Crippen LogP contribution in [0.2, 0.25) is 5.02 Å². The Morgan fingerprint density at radius 1 is 1.60 bits per heavy atom. The maximum atomic E-state index is 11.7. The zero-order valence-corrected chi connectivity index (χ0v) is 9.08. The molecule has 1 aliphatic heterocycles. The van der Waals surface area contributed by atoms with Gasteiger partial charge in [0.15, 0.2) is 0 Å². The summed E-state index contributed by atoms with van der Waals surface area (Å²) in [7, 11) is 1.84. The summed E-state index contributed by atoms with van der Waals surface area (Å²) in [5, 5.41) is 3.31. The summed E-state index contributed by atoms with van der Waals surface area (Å²) in [6.07, 6.45) is 0. The van der Waals surface area contributed by atoms with Gasteiger partial charge in [-0.3, -0.25) is 4.79 Å². The molecule has 0 radical (unpaired) electrons. The van der Waals surface area contributed by atoms with Crippen LogP contribution in [0.3, 0.4) is 0 Å². The van der Waals surface area contributed by atoms with Crippen LogP contribution in [-0.4, -0.2) is 25.5 Å². The Balaban J connectivity index is 2.50. The predicted octanol–water partition coefficient (Wildman–Crippen LogP) is 1.06. The lowest BCUT2D eigenvalue weighted by atomic mass is 10.1. The van der Waals surface area contributed by atoms with E-state index in [1.807, 2.05) is 24.1 Å². The highest BCUT2D eigenvalue weighted by Crippen LogP contribution is 2.36. The van der Waals surface area contributed by atoms with Crippen LogP contribution in [0.15, 0.2) is 18.2 Å². The first-order chi connectivity index (χ1) is 7.15. The van der Waals surface area contributed by atoms with Gasteiger partial charge in [0.1, 0.15) is 6.04 Å². The van der Waals surface area contributed by atoms with Crippen LogP contribution in [-0.2, 0) is 4.79 Å². The molecule has 1 aromatic carbocycles. The van der Waals surface area contributed by atoms with Gasteiger partial charge in [-0.15, -0.1) is 0 Å². The van der Waals surface area contributed by atoms with E-state index < -0.39 is 0 Å². The Morgan fingerprint density at radius 2 is 2.33 bits per heavy atom. The van der Waals surface area contributed by atoms with Gasteiger partial charge in [-0.1, -0.05) is 17.7 Å². The minimum Gasteiger partial charge on any atom is -0.360 e. The molecule has 1 aliphatic rings. The number of hydrogen-bond donors (Lipinski definition) is 2. The molecule has 0 aliphatic carbocycles. The molecule has 1 atom stereocenters. The smallest absolute Gasteiger partial charge is 0.248 e. The average molecular weight is 226 g/mol. The number of hydrogen-bond acceptors (Lipinski definition) is 3. The highest BCUT2D eigenvalue weighted by Gasteiger charge is 2.30. The minimum absolute atomic E-state index is 0.111. The maximum absolute atomic E-state index is 11.7. The minimum atomic E-state index is -0.323. The molecule has 4 nitrogen and oxygen atoms in total. The highest BCUT2D eigenvalue weighted by atomic mass is 35.5. The fraction of sp³-hybridized carbons (Fsp3) is 0.300. The predicted molar refractivity (Wildman–Crippen MR) is 61.3 cm³/mol. The van der Waals surface area contributed by atoms with Crippen molar-refractivity contribution in [3.63, 3.8) is 0 Å². The van der Waals surface area contributed by atoms with Gasteiger partial charge in [-0.2, -0.15) is 0 Å². The lowest BCUT2D eigenvalue weighted by Gasteiger charge is -2.34. The van der Waals surface area contributed by atoms with Gasteiger partial charge in [0.2, 0.25) is 5.91 Å². The molecule has 1 aromatic rings. The molecule has 5 heteroatoms. The number of nitrogens with one attached hydrogen (secondary N) is 1. The number of nitrogens with two attached hydrogens (primary N) is 1. The van der Waals surface area contributed by atoms with Crippen LogP contribution in [0.1, 0.15) is 0 Å². The number of fused-ring (bicyclic) bond motifs is 1. The number of benzene rings is 1. The average Bonchev–Trinajstić information content (AvgIpc) is 2.20. The molecule has 1 amide bonds. The van der Waals surface area contributed by atoms with Crippen molar-refractivity contribution in [2.75, 3.05) is 23.8 Å². The standard InChI is InChI=1S/C10H12ClN3O/c1-14-7-4-2-3-6(11)9(7)13-10(15)8(14)5-12/h2-4,8H,5,12H2,1H3,(H,13,15). The molecular formula is C10H12ClN3O. The Labute approximate surface area is 93.0 Å². The molecule has 0 saturated heterocycles. The third-order valence-corrected chi connectivity index (χ3v) is 2.93. The highest BCUT2D eigenvalue weighted by molar-refractivity contribution is 6.35. The number of anilines is 2. The zero-order valence-electron chi connectivity index (χ0n) is 8.33. The van der Waals surface area contributed by atoms with Gasteiger partial charge < -0.3 is 16.0 Å². The number of amides is 1. The lowest BCUT2D eigenvalue weighted by molar-refractivity contribution is -0.117. The van der Waals surface area contributed by atoms with E-state index in [0.29, 0.717) is 10.7 Å². The molecule has 15 heavy (non-hydrogen) atoms. The number of rotatable bonds is 1. The summed E-state index contributed by atoms with van der Waals surface area (Å²) in [5.41, 5.74) is 7.11. The molecule has 0 saturated carbocycles. The summed E-state index contributed by atoms with van der Waals surface area (Å²) in [6, 6.07) is 5.18. The molecule has 0 bridgehead atoms. The second-order valence-corrected chi connectivity index (χ2v) is 3.89. The molecule has 1 unspecified atom stereocenters. The summed E-state index contributed by atoms with van der Waals surface area (Å²) in [5.74, 6) is -0.111. The normalized spacial score (nSPS) is 19.8. The number of carbonyl (C=O) groups excluding carboxylic acids is 1. The van der Waals surface area contributed by atoms with Crippen molar-refractivity contribution in [2.24, 2.45) is 5.73 Å². The molecule has 2 rings (SSSR count). The van der Waals surface area contributed by atoms with E-state index in [9.17, 15) is 4.79 Å². The summed E-state index contributed by atoms with van der Waals surface area (Å²) in [6.45, 7) is 0.286. The van der Waals surface area contributed by atoms with Gasteiger partial charge in [-0.05, 0) is 12.1 Å². The van der Waals surface area contributed by atoms with Crippen molar-refractivity contribution < 1.29 is 4.79 Å². The van der Waals surface area contributed by atoms with Gasteiger partial charge in [-0.25, -0.2) is 0 Å². The monoisotopic (exact) mass is 225 g/mol. The van der Waals surface area contributed by atoms with Crippen molar-refractivity contribution in [1.82, 2.24) is 0 Å². The molecular weight excluding hydrogens is 214 g/mol. The van der Waals surface area contributed by atoms with Crippen molar-refractivity contribution in [3.05, 3.63) is 23.2 Å². The SMILES string of the molecule is CN1c2cccc(Cl)c2NC(=O)C1CN. The second kappa shape index (κ2) is 3.72. The first-order valence-electron chi connectivity index (χ1n) is 4.67. The zero-order chi connectivity index (χ0) is 11.0. The quantitative estimate of drug-likeness (QED) is 0.751. The molecule has 1 heterocycles. The van der Waals surface area contributed by atoms with E-state index in [4.69, 9.17) is 17.3 Å². The first kappa shape index (κ1) is 10.3. The summed E-state index contributed by atoms with van der Waals surface area (Å²) < 4.78 is 0. The van der Waals surface area contributed by atoms with Gasteiger partial charge in [0, 0.05) is 13.6 Å². The summed E-state index contributed by atoms with van der Waals surface area (Å²) in [4.78, 5) is 13.5. The van der Waals surface area contributed by atoms with Crippen LogP contribution < -0.4 is 16.0 Å². The van der Waals surface area contributed by atoms with Crippen LogP contribution in [0.25, 0.3) is 0 Å². The van der Waals surface area contributed by atoms with E-state index in [0.717, 1.165) is 5.69 Å². The second-order valence-electron chi connectivity index (χ2n) is 3.49. The van der Waals surface area contributed by atoms with Gasteiger partial charge in [0.05, 0.1) is 16.4 Å². The lowest BCUT2D eigenvalue weighted by Crippen LogP contribution is -2.50. The van der Waals surface area contributed by atoms with Crippen LogP contribution in [0.5, 0.6) is 0 Å². The number of carbonyl (C=O) groups is 1. The van der Waals surface area contributed by atoms with Gasteiger partial charge >= 0.3 is 0 Å². The Kier molecular flexibility index (Phi) is 2.54. The van der Waals surface area contributed by atoms with Crippen LogP contribution >= 0.6 is 11.6 Å². The van der Waals surface area contributed by atoms with Gasteiger partial charge in [0.25, 0.3) is 0 Å². The van der Waals surface area contributed by atoms with Crippen LogP contribution in [0.4, 0.5) is 11.4 Å². The number of halogens is 1. The maximum Gasteiger partial charge on any atom is 0.248 e. The van der Waals surface area contributed by atoms with Crippen molar-refractivity contribution in [1.29, 1.82) is 0 Å². The number of para-hydroxylation sites is 1. The van der Waals surface area contributed by atoms with Crippen LogP contribution in [0, 0.1) is 0 Å². The molecule has 80 valence electrons. The number of nitrogens with zero attached hydrogens (tertiary/aromatic N) is 1. The Bertz CT molecular complexity index is 408. The molecule has 0 spiro atoms. The molecule has 3 N–H and O–H groups in total. The van der Waals surface area contributed by atoms with Crippen molar-refractivity contribution in [2.45, 2.75) is 6.04 Å². The Morgan fingerprint density at radius 3 is 3.00 bits per heavy atom. The third-order valence-electron chi connectivity index (χ3n) is 2.61. The number of likely N-dealkylation sites (N-methyl/N-ethyl adjacent to an activating group) is 1. The first-order valence-corrected chi connectivity index (χ1v) is 5.05. The van der Waals surface area contributed by atoms with E-state index in [1.165, 1.54) is 0 Å². The largest absolute Gasteiger partial charge is 0.360 e. The van der Waals surface area contributed by atoms with E-state index in [1.54, 1.807) is 6.07 Å². The van der Waals surface area contributed by atoms with Crippen molar-refractivity contribution >= 4 is 28.9 Å². The topological polar surface area (TPSA) is 58.4 Å². The van der Waals surface area contributed by atoms with E-state index in [-0.39, 0.29) is 18.5 Å². The molecule has 0 fully saturated rings. The van der Waals surface area contributed by atoms with E-state index in [2.05, 4.69) is 5.32 Å². The Hall–Kier alpha value is -1.26. The van der Waals surface area contributed by atoms with Crippen molar-refractivity contribution in [3.8, 4) is 0 Å². The van der Waals surface area contributed by atoms with E-state index >= 15 is 0 Å². The summed E-state index contributed by atoms with van der Waals surface area (Å²) >= 11 is 5.99.